The van der Waals surface area contributed by atoms with Crippen LogP contribution in [0.3, 0.4) is 0 Å². The van der Waals surface area contributed by atoms with Crippen molar-refractivity contribution in [3.8, 4) is 17.3 Å². The molecule has 5 heterocycles. The van der Waals surface area contributed by atoms with Crippen LogP contribution in [0.5, 0.6) is 6.01 Å². The average Bonchev–Trinajstić information content (AvgIpc) is 3.58. The van der Waals surface area contributed by atoms with Gasteiger partial charge in [0.15, 0.2) is 5.82 Å². The van der Waals surface area contributed by atoms with E-state index in [4.69, 9.17) is 14.7 Å². The molecule has 2 unspecified atom stereocenters. The highest BCUT2D eigenvalue weighted by Gasteiger charge is 2.45. The number of piperidine rings is 1. The quantitative estimate of drug-likeness (QED) is 0.448. The summed E-state index contributed by atoms with van der Waals surface area (Å²) in [5.41, 5.74) is 3.71. The van der Waals surface area contributed by atoms with Gasteiger partial charge in [0, 0.05) is 24.8 Å². The number of nitrogens with zero attached hydrogens (tertiary/aromatic N) is 5. The second-order valence-corrected chi connectivity index (χ2v) is 11.9. The summed E-state index contributed by atoms with van der Waals surface area (Å²) in [5, 5.41) is 0.682. The number of rotatable bonds is 5. The molecule has 0 radical (unpaired) electrons. The lowest BCUT2D eigenvalue weighted by atomic mass is 9.95. The van der Waals surface area contributed by atoms with Crippen molar-refractivity contribution in [1.82, 2.24) is 19.9 Å². The van der Waals surface area contributed by atoms with Gasteiger partial charge in [-0.3, -0.25) is 9.88 Å². The molecule has 0 N–H and O–H groups in total. The molecule has 0 spiro atoms. The lowest BCUT2D eigenvalue weighted by Gasteiger charge is -2.34. The second kappa shape index (κ2) is 8.90. The van der Waals surface area contributed by atoms with E-state index in [1.807, 2.05) is 32.0 Å². The first-order valence-corrected chi connectivity index (χ1v) is 14.1. The number of benzene rings is 1. The zero-order valence-corrected chi connectivity index (χ0v) is 22.0. The molecule has 3 aromatic rings. The summed E-state index contributed by atoms with van der Waals surface area (Å²) in [5.74, 6) is 1.76. The fourth-order valence-corrected chi connectivity index (χ4v) is 7.56. The highest BCUT2D eigenvalue weighted by Crippen LogP contribution is 2.42. The number of anilines is 1. The topological polar surface area (TPSA) is 54.4 Å². The van der Waals surface area contributed by atoms with Gasteiger partial charge in [-0.2, -0.15) is 9.97 Å². The van der Waals surface area contributed by atoms with Crippen molar-refractivity contribution in [3.63, 3.8) is 0 Å². The third-order valence-corrected chi connectivity index (χ3v) is 9.69. The minimum absolute atomic E-state index is 0.0866. The van der Waals surface area contributed by atoms with Crippen LogP contribution in [-0.4, -0.2) is 58.2 Å². The van der Waals surface area contributed by atoms with Gasteiger partial charge in [0.25, 0.3) is 0 Å². The molecule has 37 heavy (non-hydrogen) atoms. The maximum absolute atomic E-state index is 16.3. The van der Waals surface area contributed by atoms with Crippen LogP contribution in [0.4, 0.5) is 10.2 Å². The van der Waals surface area contributed by atoms with Crippen LogP contribution in [-0.2, 0) is 0 Å². The molecule has 2 bridgehead atoms. The van der Waals surface area contributed by atoms with Gasteiger partial charge >= 0.3 is 6.01 Å². The molecule has 7 rings (SSSR count). The number of aryl methyl sites for hydroxylation is 1. The van der Waals surface area contributed by atoms with Crippen LogP contribution in [0, 0.1) is 31.5 Å². The first-order chi connectivity index (χ1) is 18.0. The first-order valence-electron chi connectivity index (χ1n) is 14.1. The van der Waals surface area contributed by atoms with Gasteiger partial charge in [-0.1, -0.05) is 18.2 Å². The lowest BCUT2D eigenvalue weighted by Crippen LogP contribution is -2.43. The summed E-state index contributed by atoms with van der Waals surface area (Å²) in [6, 6.07) is 6.24. The molecule has 2 aromatic heterocycles. The molecule has 2 atom stereocenters. The third-order valence-electron chi connectivity index (χ3n) is 9.69. The molecule has 3 aliphatic heterocycles. The van der Waals surface area contributed by atoms with E-state index in [9.17, 15) is 0 Å². The smallest absolute Gasteiger partial charge is 0.319 e. The summed E-state index contributed by atoms with van der Waals surface area (Å²) >= 11 is 0. The number of fused-ring (bicyclic) bond motifs is 4. The molecule has 7 heteroatoms. The summed E-state index contributed by atoms with van der Waals surface area (Å²) in [6.45, 7) is 8.84. The van der Waals surface area contributed by atoms with Crippen molar-refractivity contribution >= 4 is 16.7 Å². The van der Waals surface area contributed by atoms with Crippen LogP contribution < -0.4 is 9.64 Å². The largest absolute Gasteiger partial charge is 0.461 e. The van der Waals surface area contributed by atoms with Gasteiger partial charge in [0.1, 0.15) is 23.6 Å². The van der Waals surface area contributed by atoms with Gasteiger partial charge < -0.3 is 9.64 Å². The molecule has 1 aliphatic carbocycles. The average molecular weight is 502 g/mol. The number of ether oxygens (including phenoxy) is 1. The number of halogens is 1. The third kappa shape index (κ3) is 3.89. The first kappa shape index (κ1) is 23.3. The highest BCUT2D eigenvalue weighted by molar-refractivity contribution is 5.92. The number of pyridine rings is 1. The van der Waals surface area contributed by atoms with Crippen LogP contribution in [0.25, 0.3) is 22.2 Å². The van der Waals surface area contributed by atoms with E-state index in [0.717, 1.165) is 61.5 Å². The minimum atomic E-state index is -0.388. The van der Waals surface area contributed by atoms with Crippen molar-refractivity contribution in [1.29, 1.82) is 0 Å². The molecular formula is C30H36FN5O. The SMILES string of the molecule is Cc1cccc(-c2ncc3c(N4CC5CCC(C5)C4)nc(OCC45CCCN4CCC5)nc3c2F)c1C. The van der Waals surface area contributed by atoms with E-state index in [1.54, 1.807) is 6.20 Å². The molecule has 194 valence electrons. The zero-order chi connectivity index (χ0) is 25.1. The van der Waals surface area contributed by atoms with Gasteiger partial charge in [0.2, 0.25) is 0 Å². The summed E-state index contributed by atoms with van der Waals surface area (Å²) < 4.78 is 22.6. The van der Waals surface area contributed by atoms with E-state index in [1.165, 1.54) is 32.1 Å². The Bertz CT molecular complexity index is 1340. The fraction of sp³-hybridized carbons (Fsp3) is 0.567. The number of hydrogen-bond donors (Lipinski definition) is 0. The Kier molecular flexibility index (Phi) is 5.61. The molecular weight excluding hydrogens is 465 g/mol. The van der Waals surface area contributed by atoms with Crippen LogP contribution in [0.15, 0.2) is 24.4 Å². The maximum Gasteiger partial charge on any atom is 0.319 e. The Morgan fingerprint density at radius 3 is 2.57 bits per heavy atom. The maximum atomic E-state index is 16.3. The van der Waals surface area contributed by atoms with E-state index in [2.05, 4.69) is 14.8 Å². The van der Waals surface area contributed by atoms with Crippen molar-refractivity contribution in [3.05, 3.63) is 41.3 Å². The Balaban J connectivity index is 1.32. The second-order valence-electron chi connectivity index (χ2n) is 11.9. The van der Waals surface area contributed by atoms with Crippen molar-refractivity contribution in [2.75, 3.05) is 37.7 Å². The van der Waals surface area contributed by atoms with Crippen LogP contribution >= 0.6 is 0 Å². The molecule has 3 saturated heterocycles. The van der Waals surface area contributed by atoms with Gasteiger partial charge in [-0.05, 0) is 94.8 Å². The molecule has 4 fully saturated rings. The predicted octanol–water partition coefficient (Wildman–Crippen LogP) is 5.69. The van der Waals surface area contributed by atoms with E-state index in [0.29, 0.717) is 41.1 Å². The zero-order valence-electron chi connectivity index (χ0n) is 22.0. The summed E-state index contributed by atoms with van der Waals surface area (Å²) in [6.07, 6.45) is 10.3. The standard InChI is InChI=1S/C30H36FN5O/c1-19-6-3-7-23(20(19)2)26-25(31)27-24(15-32-26)28(35-16-21-8-9-22(14-21)17-35)34-29(33-27)37-18-30-10-4-12-36(30)13-5-11-30/h3,6-7,15,21-22H,4-5,8-14,16-18H2,1-2H3. The molecule has 1 saturated carbocycles. The normalized spacial score (nSPS) is 24.7. The van der Waals surface area contributed by atoms with Crippen molar-refractivity contribution in [2.24, 2.45) is 11.8 Å². The fourth-order valence-electron chi connectivity index (χ4n) is 7.56. The molecule has 0 amide bonds. The minimum Gasteiger partial charge on any atom is -0.461 e. The highest BCUT2D eigenvalue weighted by atomic mass is 19.1. The van der Waals surface area contributed by atoms with E-state index < -0.39 is 0 Å². The van der Waals surface area contributed by atoms with Gasteiger partial charge in [-0.25, -0.2) is 4.39 Å². The molecule has 4 aliphatic rings. The van der Waals surface area contributed by atoms with Gasteiger partial charge in [0.05, 0.1) is 10.9 Å². The Labute approximate surface area is 218 Å². The van der Waals surface area contributed by atoms with Crippen molar-refractivity contribution < 1.29 is 9.13 Å². The Morgan fingerprint density at radius 2 is 1.81 bits per heavy atom. The van der Waals surface area contributed by atoms with E-state index in [-0.39, 0.29) is 11.4 Å². The summed E-state index contributed by atoms with van der Waals surface area (Å²) in [7, 11) is 0. The van der Waals surface area contributed by atoms with E-state index >= 15 is 4.39 Å². The van der Waals surface area contributed by atoms with Crippen molar-refractivity contribution in [2.45, 2.75) is 64.3 Å². The Morgan fingerprint density at radius 1 is 1.05 bits per heavy atom. The monoisotopic (exact) mass is 501 g/mol. The summed E-state index contributed by atoms with van der Waals surface area (Å²) in [4.78, 5) is 19.2. The predicted molar refractivity (Wildman–Crippen MR) is 144 cm³/mol. The molecule has 1 aromatic carbocycles. The Hall–Kier alpha value is -2.80. The number of hydrogen-bond acceptors (Lipinski definition) is 6. The van der Waals surface area contributed by atoms with Crippen LogP contribution in [0.2, 0.25) is 0 Å². The van der Waals surface area contributed by atoms with Crippen LogP contribution in [0.1, 0.15) is 56.1 Å². The number of aromatic nitrogens is 3. The molecule has 6 nitrogen and oxygen atoms in total. The van der Waals surface area contributed by atoms with Gasteiger partial charge in [-0.15, -0.1) is 0 Å². The lowest BCUT2D eigenvalue weighted by molar-refractivity contribution is 0.108.